The summed E-state index contributed by atoms with van der Waals surface area (Å²) in [6.45, 7) is 10.9. The van der Waals surface area contributed by atoms with Gasteiger partial charge in [0.15, 0.2) is 0 Å². The Hall–Kier alpha value is -0.860. The van der Waals surface area contributed by atoms with Crippen molar-refractivity contribution in [3.8, 4) is 0 Å². The Morgan fingerprint density at radius 2 is 1.88 bits per heavy atom. The second kappa shape index (κ2) is 5.19. The topological polar surface area (TPSA) is 29.3 Å². The third-order valence-corrected chi connectivity index (χ3v) is 4.05. The lowest BCUT2D eigenvalue weighted by Gasteiger charge is -2.18. The lowest BCUT2D eigenvalue weighted by atomic mass is 10.0. The SMILES string of the molecule is Cc1cc(C)c(CN2CCC(CN)C2)cc1C. The van der Waals surface area contributed by atoms with Crippen LogP contribution in [0.4, 0.5) is 0 Å². The molecule has 1 heterocycles. The molecule has 17 heavy (non-hydrogen) atoms. The molecule has 1 aromatic carbocycles. The summed E-state index contributed by atoms with van der Waals surface area (Å²) in [5.41, 5.74) is 11.4. The summed E-state index contributed by atoms with van der Waals surface area (Å²) in [5, 5.41) is 0. The van der Waals surface area contributed by atoms with Crippen molar-refractivity contribution in [2.75, 3.05) is 19.6 Å². The van der Waals surface area contributed by atoms with Crippen molar-refractivity contribution in [3.63, 3.8) is 0 Å². The van der Waals surface area contributed by atoms with Crippen LogP contribution >= 0.6 is 0 Å². The van der Waals surface area contributed by atoms with E-state index in [1.165, 1.54) is 41.8 Å². The molecule has 2 N–H and O–H groups in total. The molecule has 2 rings (SSSR count). The average molecular weight is 232 g/mol. The lowest BCUT2D eigenvalue weighted by Crippen LogP contribution is -2.23. The highest BCUT2D eigenvalue weighted by Gasteiger charge is 2.21. The van der Waals surface area contributed by atoms with Crippen LogP contribution in [0.3, 0.4) is 0 Å². The van der Waals surface area contributed by atoms with E-state index in [2.05, 4.69) is 37.8 Å². The molecule has 0 bridgehead atoms. The van der Waals surface area contributed by atoms with Crippen LogP contribution in [0.25, 0.3) is 0 Å². The Labute approximate surface area is 105 Å². The molecule has 2 nitrogen and oxygen atoms in total. The summed E-state index contributed by atoms with van der Waals surface area (Å²) in [4.78, 5) is 2.54. The normalized spacial score (nSPS) is 21.1. The molecular formula is C15H24N2. The van der Waals surface area contributed by atoms with E-state index in [1.54, 1.807) is 0 Å². The smallest absolute Gasteiger partial charge is 0.0236 e. The molecule has 0 amide bonds. The Balaban J connectivity index is 2.06. The van der Waals surface area contributed by atoms with Crippen LogP contribution in [-0.4, -0.2) is 24.5 Å². The van der Waals surface area contributed by atoms with E-state index in [-0.39, 0.29) is 0 Å². The second-order valence-electron chi connectivity index (χ2n) is 5.49. The van der Waals surface area contributed by atoms with Gasteiger partial charge in [0.1, 0.15) is 0 Å². The van der Waals surface area contributed by atoms with E-state index in [1.807, 2.05) is 0 Å². The number of rotatable bonds is 3. The maximum Gasteiger partial charge on any atom is 0.0236 e. The molecule has 0 aliphatic carbocycles. The Morgan fingerprint density at radius 3 is 2.53 bits per heavy atom. The van der Waals surface area contributed by atoms with Crippen molar-refractivity contribution < 1.29 is 0 Å². The molecule has 94 valence electrons. The maximum absolute atomic E-state index is 5.74. The first-order valence-electron chi connectivity index (χ1n) is 6.59. The highest BCUT2D eigenvalue weighted by atomic mass is 15.1. The zero-order valence-electron chi connectivity index (χ0n) is 11.3. The van der Waals surface area contributed by atoms with Crippen molar-refractivity contribution in [3.05, 3.63) is 34.4 Å². The quantitative estimate of drug-likeness (QED) is 0.867. The van der Waals surface area contributed by atoms with Gasteiger partial charge in [0.25, 0.3) is 0 Å². The number of hydrogen-bond donors (Lipinski definition) is 1. The minimum absolute atomic E-state index is 0.710. The number of likely N-dealkylation sites (tertiary alicyclic amines) is 1. The number of nitrogens with two attached hydrogens (primary N) is 1. The van der Waals surface area contributed by atoms with Crippen molar-refractivity contribution in [1.29, 1.82) is 0 Å². The van der Waals surface area contributed by atoms with Crippen LogP contribution in [0.2, 0.25) is 0 Å². The average Bonchev–Trinajstić information content (AvgIpc) is 2.73. The highest BCUT2D eigenvalue weighted by Crippen LogP contribution is 2.21. The van der Waals surface area contributed by atoms with Crippen LogP contribution in [0.1, 0.15) is 28.7 Å². The van der Waals surface area contributed by atoms with Crippen LogP contribution in [0.15, 0.2) is 12.1 Å². The third kappa shape index (κ3) is 2.88. The second-order valence-corrected chi connectivity index (χ2v) is 5.49. The van der Waals surface area contributed by atoms with Gasteiger partial charge < -0.3 is 5.73 Å². The van der Waals surface area contributed by atoms with Crippen molar-refractivity contribution in [2.45, 2.75) is 33.7 Å². The summed E-state index contributed by atoms with van der Waals surface area (Å²) in [6.07, 6.45) is 1.26. The van der Waals surface area contributed by atoms with E-state index in [4.69, 9.17) is 5.73 Å². The molecule has 1 saturated heterocycles. The predicted molar refractivity (Wildman–Crippen MR) is 73.1 cm³/mol. The molecule has 1 aromatic rings. The van der Waals surface area contributed by atoms with Crippen molar-refractivity contribution in [2.24, 2.45) is 11.7 Å². The van der Waals surface area contributed by atoms with E-state index in [0.717, 1.165) is 13.1 Å². The van der Waals surface area contributed by atoms with Gasteiger partial charge in [0.05, 0.1) is 0 Å². The van der Waals surface area contributed by atoms with Gasteiger partial charge in [0, 0.05) is 13.1 Å². The number of benzene rings is 1. The summed E-state index contributed by atoms with van der Waals surface area (Å²) < 4.78 is 0. The van der Waals surface area contributed by atoms with E-state index >= 15 is 0 Å². The van der Waals surface area contributed by atoms with Crippen molar-refractivity contribution in [1.82, 2.24) is 4.90 Å². The Bertz CT molecular complexity index is 398. The van der Waals surface area contributed by atoms with Crippen LogP contribution < -0.4 is 5.73 Å². The van der Waals surface area contributed by atoms with Gasteiger partial charge in [-0.3, -0.25) is 4.90 Å². The first kappa shape index (κ1) is 12.6. The number of hydrogen-bond acceptors (Lipinski definition) is 2. The molecule has 1 aliphatic rings. The van der Waals surface area contributed by atoms with Crippen LogP contribution in [-0.2, 0) is 6.54 Å². The minimum atomic E-state index is 0.710. The van der Waals surface area contributed by atoms with Crippen LogP contribution in [0.5, 0.6) is 0 Å². The van der Waals surface area contributed by atoms with Gasteiger partial charge in [0.2, 0.25) is 0 Å². The van der Waals surface area contributed by atoms with Gasteiger partial charge in [-0.05, 0) is 68.5 Å². The standard InChI is InChI=1S/C15H24N2/c1-11-6-13(3)15(7-12(11)2)10-17-5-4-14(8-16)9-17/h6-7,14H,4-5,8-10,16H2,1-3H3. The van der Waals surface area contributed by atoms with Gasteiger partial charge >= 0.3 is 0 Å². The zero-order chi connectivity index (χ0) is 12.4. The Kier molecular flexibility index (Phi) is 3.85. The van der Waals surface area contributed by atoms with Crippen molar-refractivity contribution >= 4 is 0 Å². The fourth-order valence-electron chi connectivity index (χ4n) is 2.68. The monoisotopic (exact) mass is 232 g/mol. The molecule has 1 fully saturated rings. The minimum Gasteiger partial charge on any atom is -0.330 e. The molecule has 0 spiro atoms. The van der Waals surface area contributed by atoms with E-state index in [0.29, 0.717) is 5.92 Å². The largest absolute Gasteiger partial charge is 0.330 e. The van der Waals surface area contributed by atoms with E-state index in [9.17, 15) is 0 Å². The third-order valence-electron chi connectivity index (χ3n) is 4.05. The highest BCUT2D eigenvalue weighted by molar-refractivity contribution is 5.36. The molecule has 0 saturated carbocycles. The molecule has 1 atom stereocenters. The van der Waals surface area contributed by atoms with Gasteiger partial charge in [-0.15, -0.1) is 0 Å². The first-order valence-corrected chi connectivity index (χ1v) is 6.59. The predicted octanol–water partition coefficient (Wildman–Crippen LogP) is 2.39. The summed E-state index contributed by atoms with van der Waals surface area (Å²) in [6, 6.07) is 4.65. The molecule has 2 heteroatoms. The maximum atomic E-state index is 5.74. The van der Waals surface area contributed by atoms with Gasteiger partial charge in [-0.25, -0.2) is 0 Å². The molecular weight excluding hydrogens is 208 g/mol. The summed E-state index contributed by atoms with van der Waals surface area (Å²) in [5.74, 6) is 0.710. The van der Waals surface area contributed by atoms with Gasteiger partial charge in [-0.2, -0.15) is 0 Å². The summed E-state index contributed by atoms with van der Waals surface area (Å²) >= 11 is 0. The van der Waals surface area contributed by atoms with E-state index < -0.39 is 0 Å². The van der Waals surface area contributed by atoms with Gasteiger partial charge in [-0.1, -0.05) is 12.1 Å². The summed E-state index contributed by atoms with van der Waals surface area (Å²) in [7, 11) is 0. The fourth-order valence-corrected chi connectivity index (χ4v) is 2.68. The first-order chi connectivity index (χ1) is 8.10. The molecule has 1 aliphatic heterocycles. The fraction of sp³-hybridized carbons (Fsp3) is 0.600. The number of nitrogens with zero attached hydrogens (tertiary/aromatic N) is 1. The molecule has 0 aromatic heterocycles. The molecule has 1 unspecified atom stereocenters. The lowest BCUT2D eigenvalue weighted by molar-refractivity contribution is 0.317. The zero-order valence-corrected chi connectivity index (χ0v) is 11.3. The molecule has 0 radical (unpaired) electrons. The Morgan fingerprint density at radius 1 is 1.18 bits per heavy atom. The van der Waals surface area contributed by atoms with Crippen LogP contribution in [0, 0.1) is 26.7 Å². The number of aryl methyl sites for hydroxylation is 3.